The van der Waals surface area contributed by atoms with Gasteiger partial charge in [-0.25, -0.2) is 4.79 Å². The lowest BCUT2D eigenvalue weighted by Gasteiger charge is -2.23. The van der Waals surface area contributed by atoms with E-state index in [1.165, 1.54) is 0 Å². The molecule has 12 heteroatoms. The van der Waals surface area contributed by atoms with Gasteiger partial charge >= 0.3 is 12.1 Å². The fraction of sp³-hybridized carbons (Fsp3) is 0.200. The number of carboxylic acids is 1. The molecule has 5 rings (SSSR count). The van der Waals surface area contributed by atoms with E-state index in [-0.39, 0.29) is 24.3 Å². The second-order valence-corrected chi connectivity index (χ2v) is 9.57. The van der Waals surface area contributed by atoms with Gasteiger partial charge in [0.05, 0.1) is 6.54 Å². The molecule has 3 aromatic rings. The first-order valence-corrected chi connectivity index (χ1v) is 12.8. The highest BCUT2D eigenvalue weighted by Crippen LogP contribution is 2.28. The van der Waals surface area contributed by atoms with E-state index in [0.29, 0.717) is 43.0 Å². The van der Waals surface area contributed by atoms with Crippen LogP contribution in [0, 0.1) is 0 Å². The van der Waals surface area contributed by atoms with E-state index in [4.69, 9.17) is 15.6 Å². The molecule has 0 bridgehead atoms. The Kier molecular flexibility index (Phi) is 8.94. The number of benzene rings is 3. The van der Waals surface area contributed by atoms with Crippen molar-refractivity contribution in [3.63, 3.8) is 0 Å². The number of hydrogen-bond acceptors (Lipinski definition) is 5. The molecule has 0 saturated carbocycles. The number of nitrogens with zero attached hydrogens (tertiary/aromatic N) is 3. The normalized spacial score (nSPS) is 14.5. The highest BCUT2D eigenvalue weighted by Gasteiger charge is 2.38. The monoisotopic (exact) mass is 580 g/mol. The van der Waals surface area contributed by atoms with Gasteiger partial charge in [-0.15, -0.1) is 0 Å². The zero-order valence-corrected chi connectivity index (χ0v) is 22.3. The standard InChI is InChI=1S/C28H26N4O3.C2HF3O2/c29-24-13-11-22(12-14-24)28(35)31-18-23-5-1-2-6-25(23)32(26(33)19-31)17-20-7-9-21(10-8-20)27(34)30-15-3-4-16-30;3-2(4,5)1(6)7/h1-14H,15-19,29H2;(H,6,7). The molecule has 42 heavy (non-hydrogen) atoms. The van der Waals surface area contributed by atoms with Crippen LogP contribution in [0.1, 0.15) is 31.8 Å². The van der Waals surface area contributed by atoms with Crippen LogP contribution in [0.3, 0.4) is 0 Å². The number of fused-ring (bicyclic) bond motifs is 1. The predicted molar refractivity (Wildman–Crippen MR) is 148 cm³/mol. The van der Waals surface area contributed by atoms with Crippen LogP contribution in [-0.4, -0.2) is 64.4 Å². The number of nitrogens with two attached hydrogens (primary N) is 1. The average molecular weight is 581 g/mol. The first-order chi connectivity index (χ1) is 19.9. The molecule has 3 amide bonds. The van der Waals surface area contributed by atoms with Crippen LogP contribution in [0.25, 0.3) is 0 Å². The van der Waals surface area contributed by atoms with Crippen molar-refractivity contribution in [2.24, 2.45) is 0 Å². The van der Waals surface area contributed by atoms with Crippen molar-refractivity contribution >= 4 is 35.1 Å². The number of halogens is 3. The summed E-state index contributed by atoms with van der Waals surface area (Å²) in [4.78, 5) is 53.1. The third-order valence-electron chi connectivity index (χ3n) is 6.61. The molecule has 0 spiro atoms. The highest BCUT2D eigenvalue weighted by atomic mass is 19.4. The molecule has 2 heterocycles. The number of nitrogen functional groups attached to an aromatic ring is 1. The van der Waals surface area contributed by atoms with Gasteiger partial charge in [0.1, 0.15) is 6.54 Å². The van der Waals surface area contributed by atoms with E-state index < -0.39 is 12.1 Å². The van der Waals surface area contributed by atoms with Gasteiger partial charge in [0, 0.05) is 42.1 Å². The molecule has 0 fully saturated rings. The minimum Gasteiger partial charge on any atom is -0.475 e. The highest BCUT2D eigenvalue weighted by molar-refractivity contribution is 6.02. The summed E-state index contributed by atoms with van der Waals surface area (Å²) in [5.74, 6) is -3.14. The van der Waals surface area contributed by atoms with Crippen LogP contribution < -0.4 is 10.6 Å². The maximum absolute atomic E-state index is 13.4. The van der Waals surface area contributed by atoms with E-state index in [1.54, 1.807) is 51.1 Å². The predicted octanol–water partition coefficient (Wildman–Crippen LogP) is 4.10. The Morgan fingerprint density at radius 3 is 1.88 bits per heavy atom. The van der Waals surface area contributed by atoms with Crippen molar-refractivity contribution in [3.05, 3.63) is 107 Å². The lowest BCUT2D eigenvalue weighted by atomic mass is 10.1. The molecule has 3 N–H and O–H groups in total. The quantitative estimate of drug-likeness (QED) is 0.354. The van der Waals surface area contributed by atoms with Crippen LogP contribution in [0.4, 0.5) is 24.5 Å². The summed E-state index contributed by atoms with van der Waals surface area (Å²) >= 11 is 0. The van der Waals surface area contributed by atoms with Gasteiger partial charge in [0.25, 0.3) is 11.8 Å². The van der Waals surface area contributed by atoms with Gasteiger partial charge in [0.15, 0.2) is 0 Å². The molecule has 0 unspecified atom stereocenters. The Morgan fingerprint density at radius 2 is 1.31 bits per heavy atom. The third kappa shape index (κ3) is 7.14. The lowest BCUT2D eigenvalue weighted by Crippen LogP contribution is -2.39. The number of para-hydroxylation sites is 1. The second-order valence-electron chi connectivity index (χ2n) is 9.57. The number of rotatable bonds is 4. The van der Waals surface area contributed by atoms with Gasteiger partial charge in [-0.1, -0.05) is 42.5 Å². The fourth-order valence-electron chi connectivity index (χ4n) is 4.44. The molecular formula is C30H27F3N4O5. The number of anilines is 2. The molecule has 0 atom stereocenters. The van der Waals surface area contributed by atoms with Gasteiger partial charge in [-0.3, -0.25) is 14.4 Å². The Morgan fingerprint density at radius 1 is 0.786 bits per heavy atom. The number of carboxylic acid groups (broad SMARTS) is 1. The molecule has 218 valence electrons. The Balaban J connectivity index is 0.000000517. The number of carbonyl (C=O) groups is 4. The zero-order valence-electron chi connectivity index (χ0n) is 22.3. The van der Waals surface area contributed by atoms with Crippen LogP contribution in [0.15, 0.2) is 84.9 Å². The fourth-order valence-corrected chi connectivity index (χ4v) is 4.44. The summed E-state index contributed by atoms with van der Waals surface area (Å²) < 4.78 is 31.7. The summed E-state index contributed by atoms with van der Waals surface area (Å²) in [6, 6.07) is 21.7. The smallest absolute Gasteiger partial charge is 0.475 e. The Labute approximate surface area is 239 Å². The van der Waals surface area contributed by atoms with Crippen molar-refractivity contribution in [1.82, 2.24) is 9.80 Å². The molecule has 0 saturated heterocycles. The van der Waals surface area contributed by atoms with Crippen molar-refractivity contribution in [2.75, 3.05) is 30.3 Å². The number of carbonyl (C=O) groups excluding carboxylic acids is 3. The summed E-state index contributed by atoms with van der Waals surface area (Å²) in [7, 11) is 0. The van der Waals surface area contributed by atoms with E-state index >= 15 is 0 Å². The molecule has 2 aliphatic rings. The minimum absolute atomic E-state index is 0.00503. The molecule has 0 radical (unpaired) electrons. The first kappa shape index (κ1) is 29.8. The molecule has 2 aliphatic heterocycles. The summed E-state index contributed by atoms with van der Waals surface area (Å²) in [6.07, 6.45) is -1.12. The number of hydrogen-bond donors (Lipinski definition) is 2. The maximum atomic E-state index is 13.4. The molecule has 0 aromatic heterocycles. The van der Waals surface area contributed by atoms with Crippen LogP contribution in [-0.2, 0) is 22.7 Å². The summed E-state index contributed by atoms with van der Waals surface area (Å²) in [6.45, 7) is 1.91. The first-order valence-electron chi connectivity index (χ1n) is 12.8. The number of alkyl halides is 3. The van der Waals surface area contributed by atoms with Gasteiger partial charge < -0.3 is 25.5 Å². The van der Waals surface area contributed by atoms with Crippen molar-refractivity contribution in [3.8, 4) is 0 Å². The van der Waals surface area contributed by atoms with Gasteiger partial charge in [0.2, 0.25) is 5.91 Å². The number of amides is 3. The van der Waals surface area contributed by atoms with E-state index in [0.717, 1.165) is 16.8 Å². The summed E-state index contributed by atoms with van der Waals surface area (Å²) in [5, 5.41) is 7.12. The largest absolute Gasteiger partial charge is 0.490 e. The van der Waals surface area contributed by atoms with Gasteiger partial charge in [-0.2, -0.15) is 13.2 Å². The number of aliphatic carboxylic acids is 1. The molecule has 9 nitrogen and oxygen atoms in total. The topological polar surface area (TPSA) is 124 Å². The van der Waals surface area contributed by atoms with Crippen molar-refractivity contribution < 1.29 is 37.5 Å². The molecule has 0 aliphatic carbocycles. The summed E-state index contributed by atoms with van der Waals surface area (Å²) in [5.41, 5.74) is 10.0. The lowest BCUT2D eigenvalue weighted by molar-refractivity contribution is -0.192. The van der Waals surface area contributed by atoms with Crippen molar-refractivity contribution in [2.45, 2.75) is 19.3 Å². The average Bonchev–Trinajstić information content (AvgIpc) is 3.47. The molecular weight excluding hydrogens is 553 g/mol. The minimum atomic E-state index is -5.08. The van der Waals surface area contributed by atoms with E-state index in [1.807, 2.05) is 48.6 Å². The van der Waals surface area contributed by atoms with Crippen LogP contribution >= 0.6 is 0 Å². The third-order valence-corrected chi connectivity index (χ3v) is 6.61. The van der Waals surface area contributed by atoms with Crippen LogP contribution in [0.2, 0.25) is 0 Å². The zero-order chi connectivity index (χ0) is 30.4. The van der Waals surface area contributed by atoms with Gasteiger partial charge in [-0.05, 0) is 53.6 Å². The molecule has 3 aromatic carbocycles. The van der Waals surface area contributed by atoms with E-state index in [9.17, 15) is 27.6 Å². The van der Waals surface area contributed by atoms with E-state index in [2.05, 4.69) is 0 Å². The second kappa shape index (κ2) is 12.6. The Bertz CT molecular complexity index is 1500. The SMILES string of the molecule is Nc1ccc(C(=O)N2CC(=O)N(Cc3ccc(C(=O)N4CC=CC4)cc3)c3ccccc3C2)cc1.O=C(O)C(F)(F)F. The van der Waals surface area contributed by atoms with Crippen LogP contribution in [0.5, 0.6) is 0 Å². The maximum Gasteiger partial charge on any atom is 0.490 e. The Hall–Kier alpha value is -5.13. The van der Waals surface area contributed by atoms with Crippen molar-refractivity contribution in [1.29, 1.82) is 0 Å².